The molecular formula is C20H24ClF11O2. The normalized spacial score (nSPS) is 21.4. The molecule has 0 heterocycles. The minimum Gasteiger partial charge on any atom is -0.492 e. The summed E-state index contributed by atoms with van der Waals surface area (Å²) in [5.41, 5.74) is 2.33. The molecule has 2 rings (SSSR count). The Kier molecular flexibility index (Phi) is 12.4. The van der Waals surface area contributed by atoms with E-state index in [9.17, 15) is 43.9 Å². The van der Waals surface area contributed by atoms with E-state index in [1.54, 1.807) is 0 Å². The molecule has 1 aromatic carbocycles. The van der Waals surface area contributed by atoms with Crippen LogP contribution in [0, 0.1) is 25.7 Å². The van der Waals surface area contributed by atoms with Crippen LogP contribution in [0.5, 0.6) is 5.75 Å². The second kappa shape index (κ2) is 13.0. The first-order valence-corrected chi connectivity index (χ1v) is 10.3. The van der Waals surface area contributed by atoms with Crippen molar-refractivity contribution in [2.45, 2.75) is 64.1 Å². The zero-order valence-electron chi connectivity index (χ0n) is 18.0. The average Bonchev–Trinajstić information content (AvgIpc) is 2.66. The Morgan fingerprint density at radius 3 is 1.71 bits per heavy atom. The Morgan fingerprint density at radius 1 is 0.912 bits per heavy atom. The van der Waals surface area contributed by atoms with E-state index in [4.69, 9.17) is 16.3 Å². The van der Waals surface area contributed by atoms with Gasteiger partial charge in [0.25, 0.3) is 0 Å². The van der Waals surface area contributed by atoms with E-state index in [-0.39, 0.29) is 4.70 Å². The van der Waals surface area contributed by atoms with Crippen molar-refractivity contribution in [2.24, 2.45) is 11.8 Å². The van der Waals surface area contributed by atoms with E-state index in [1.165, 1.54) is 11.1 Å². The number of rotatable bonds is 6. The molecule has 1 fully saturated rings. The third-order valence-corrected chi connectivity index (χ3v) is 5.10. The number of ether oxygens (including phenoxy) is 2. The molecule has 0 aliphatic heterocycles. The molecule has 2 atom stereocenters. The van der Waals surface area contributed by atoms with Crippen LogP contribution in [0.1, 0.15) is 30.4 Å². The SMILES string of the molecule is Cc1cccc(C)c1OCCCl.F.FC(F)C(F)(F)OC1C(C(F)(F)F)CCCC1C(F)(F)F. The quantitative estimate of drug-likeness (QED) is 0.270. The maximum absolute atomic E-state index is 12.7. The van der Waals surface area contributed by atoms with Gasteiger partial charge in [0.1, 0.15) is 12.4 Å². The lowest BCUT2D eigenvalue weighted by atomic mass is 9.77. The predicted octanol–water partition coefficient (Wildman–Crippen LogP) is 7.84. The minimum atomic E-state index is -5.38. The van der Waals surface area contributed by atoms with Crippen molar-refractivity contribution < 1.29 is 58.1 Å². The van der Waals surface area contributed by atoms with Gasteiger partial charge in [-0.1, -0.05) is 24.6 Å². The molecule has 0 N–H and O–H groups in total. The Balaban J connectivity index is 0.000000713. The molecule has 14 heteroatoms. The monoisotopic (exact) mass is 540 g/mol. The molecule has 0 spiro atoms. The third-order valence-electron chi connectivity index (χ3n) is 4.94. The average molecular weight is 541 g/mol. The number of para-hydroxylation sites is 1. The number of hydrogen-bond acceptors (Lipinski definition) is 2. The standard InChI is InChI=1S/C10H13ClO.C10H10F10O.FH/c1-8-4-3-5-9(2)10(8)12-7-6-11;11-7(12)10(19,20)21-6-4(8(13,14)15)2-1-3-5(6)9(16,17)18;/h3-5H,6-7H2,1-2H3;4-7H,1-3H2;1H. The van der Waals surface area contributed by atoms with Crippen LogP contribution in [-0.2, 0) is 4.74 Å². The Morgan fingerprint density at radius 2 is 1.35 bits per heavy atom. The van der Waals surface area contributed by atoms with Crippen LogP contribution < -0.4 is 4.74 Å². The maximum atomic E-state index is 12.7. The highest BCUT2D eigenvalue weighted by Crippen LogP contribution is 2.49. The zero-order chi connectivity index (χ0) is 25.6. The predicted molar refractivity (Wildman–Crippen MR) is 103 cm³/mol. The zero-order valence-corrected chi connectivity index (χ0v) is 18.7. The lowest BCUT2D eigenvalue weighted by Gasteiger charge is -2.40. The van der Waals surface area contributed by atoms with Crippen LogP contribution >= 0.6 is 11.6 Å². The molecule has 0 bridgehead atoms. The summed E-state index contributed by atoms with van der Waals surface area (Å²) in [6, 6.07) is 6.10. The van der Waals surface area contributed by atoms with E-state index in [1.807, 2.05) is 32.0 Å². The van der Waals surface area contributed by atoms with Crippen LogP contribution in [0.4, 0.5) is 48.6 Å². The van der Waals surface area contributed by atoms with E-state index in [0.29, 0.717) is 12.5 Å². The van der Waals surface area contributed by atoms with Crippen LogP contribution in [0.15, 0.2) is 18.2 Å². The van der Waals surface area contributed by atoms with Crippen molar-refractivity contribution in [3.8, 4) is 5.75 Å². The fourth-order valence-electron chi connectivity index (χ4n) is 3.43. The molecule has 1 saturated carbocycles. The summed E-state index contributed by atoms with van der Waals surface area (Å²) in [5.74, 6) is -4.24. The van der Waals surface area contributed by atoms with Gasteiger partial charge in [0, 0.05) is 0 Å². The van der Waals surface area contributed by atoms with Gasteiger partial charge in [-0.15, -0.1) is 11.6 Å². The van der Waals surface area contributed by atoms with Gasteiger partial charge >= 0.3 is 24.9 Å². The van der Waals surface area contributed by atoms with Gasteiger partial charge < -0.3 is 9.47 Å². The van der Waals surface area contributed by atoms with E-state index in [2.05, 4.69) is 4.74 Å². The van der Waals surface area contributed by atoms with Crippen molar-refractivity contribution in [3.63, 3.8) is 0 Å². The van der Waals surface area contributed by atoms with Gasteiger partial charge in [-0.05, 0) is 37.8 Å². The largest absolute Gasteiger partial charge is 0.492 e. The topological polar surface area (TPSA) is 18.5 Å². The van der Waals surface area contributed by atoms with Crippen molar-refractivity contribution in [1.29, 1.82) is 0 Å². The van der Waals surface area contributed by atoms with Gasteiger partial charge in [0.2, 0.25) is 0 Å². The Labute approximate surface area is 193 Å². The molecule has 200 valence electrons. The molecule has 0 radical (unpaired) electrons. The number of halogens is 12. The smallest absolute Gasteiger partial charge is 0.416 e. The van der Waals surface area contributed by atoms with Crippen LogP contribution in [-0.4, -0.2) is 43.5 Å². The van der Waals surface area contributed by atoms with Gasteiger partial charge in [-0.3, -0.25) is 4.70 Å². The highest BCUT2D eigenvalue weighted by Gasteiger charge is 2.60. The highest BCUT2D eigenvalue weighted by atomic mass is 35.5. The van der Waals surface area contributed by atoms with E-state index < -0.39 is 62.1 Å². The van der Waals surface area contributed by atoms with Gasteiger partial charge in [0.15, 0.2) is 0 Å². The molecule has 1 aliphatic carbocycles. The second-order valence-corrected chi connectivity index (χ2v) is 7.81. The number of alkyl halides is 11. The summed E-state index contributed by atoms with van der Waals surface area (Å²) in [5, 5.41) is 0. The fourth-order valence-corrected chi connectivity index (χ4v) is 3.51. The van der Waals surface area contributed by atoms with Crippen molar-refractivity contribution in [1.82, 2.24) is 0 Å². The first kappa shape index (κ1) is 32.5. The van der Waals surface area contributed by atoms with E-state index >= 15 is 0 Å². The first-order valence-electron chi connectivity index (χ1n) is 9.74. The van der Waals surface area contributed by atoms with E-state index in [0.717, 1.165) is 5.75 Å². The molecule has 1 aliphatic rings. The molecular weight excluding hydrogens is 517 g/mol. The minimum absolute atomic E-state index is 0. The fraction of sp³-hybridized carbons (Fsp3) is 0.700. The molecule has 2 nitrogen and oxygen atoms in total. The number of aryl methyl sites for hydroxylation is 2. The van der Waals surface area contributed by atoms with Crippen LogP contribution in [0.25, 0.3) is 0 Å². The Hall–Kier alpha value is -1.50. The number of benzene rings is 1. The number of hydrogen-bond donors (Lipinski definition) is 0. The Bertz CT molecular complexity index is 696. The lowest BCUT2D eigenvalue weighted by Crippen LogP contribution is -2.52. The molecule has 34 heavy (non-hydrogen) atoms. The summed E-state index contributed by atoms with van der Waals surface area (Å²) in [6.45, 7) is 4.65. The molecule has 0 saturated heterocycles. The third kappa shape index (κ3) is 9.27. The summed E-state index contributed by atoms with van der Waals surface area (Å²) < 4.78 is 134. The van der Waals surface area contributed by atoms with Crippen LogP contribution in [0.3, 0.4) is 0 Å². The summed E-state index contributed by atoms with van der Waals surface area (Å²) in [6.07, 6.45) is -25.8. The first-order chi connectivity index (χ1) is 15.0. The van der Waals surface area contributed by atoms with Gasteiger partial charge in [-0.25, -0.2) is 8.78 Å². The van der Waals surface area contributed by atoms with Crippen molar-refractivity contribution in [2.75, 3.05) is 12.5 Å². The van der Waals surface area contributed by atoms with Crippen LogP contribution in [0.2, 0.25) is 0 Å². The molecule has 0 amide bonds. The molecule has 2 unspecified atom stereocenters. The lowest BCUT2D eigenvalue weighted by molar-refractivity contribution is -0.366. The highest BCUT2D eigenvalue weighted by molar-refractivity contribution is 6.18. The summed E-state index contributed by atoms with van der Waals surface area (Å²) in [4.78, 5) is 0. The second-order valence-electron chi connectivity index (χ2n) is 7.43. The van der Waals surface area contributed by atoms with Crippen molar-refractivity contribution >= 4 is 11.6 Å². The summed E-state index contributed by atoms with van der Waals surface area (Å²) in [7, 11) is 0. The van der Waals surface area contributed by atoms with Gasteiger partial charge in [-0.2, -0.15) is 35.1 Å². The summed E-state index contributed by atoms with van der Waals surface area (Å²) >= 11 is 5.53. The molecule has 0 aromatic heterocycles. The molecule has 1 aromatic rings. The maximum Gasteiger partial charge on any atom is 0.416 e. The van der Waals surface area contributed by atoms with Crippen molar-refractivity contribution in [3.05, 3.63) is 29.3 Å². The van der Waals surface area contributed by atoms with Gasteiger partial charge in [0.05, 0.1) is 23.8 Å².